The first-order chi connectivity index (χ1) is 10.5. The fourth-order valence-electron chi connectivity index (χ4n) is 2.65. The van der Waals surface area contributed by atoms with Gasteiger partial charge in [-0.3, -0.25) is 9.69 Å². The highest BCUT2D eigenvalue weighted by atomic mass is 35.5. The number of amides is 1. The molecule has 1 aromatic rings. The van der Waals surface area contributed by atoms with Crippen molar-refractivity contribution < 1.29 is 4.79 Å². The lowest BCUT2D eigenvalue weighted by atomic mass is 9.97. The number of anilines is 1. The molecule has 0 radical (unpaired) electrons. The number of likely N-dealkylation sites (tertiary alicyclic amines) is 1. The van der Waals surface area contributed by atoms with Gasteiger partial charge in [-0.15, -0.1) is 12.4 Å². The van der Waals surface area contributed by atoms with E-state index in [1.54, 1.807) is 6.07 Å². The molecule has 130 valence electrons. The Morgan fingerprint density at radius 3 is 2.39 bits per heavy atom. The Morgan fingerprint density at radius 1 is 1.17 bits per heavy atom. The van der Waals surface area contributed by atoms with E-state index < -0.39 is 0 Å². The maximum atomic E-state index is 12.1. The van der Waals surface area contributed by atoms with Crippen LogP contribution in [0.2, 0.25) is 15.1 Å². The summed E-state index contributed by atoms with van der Waals surface area (Å²) in [6, 6.07) is 3.10. The highest BCUT2D eigenvalue weighted by Crippen LogP contribution is 2.32. The van der Waals surface area contributed by atoms with Crippen molar-refractivity contribution in [3.8, 4) is 0 Å². The second kappa shape index (κ2) is 9.92. The topological polar surface area (TPSA) is 44.4 Å². The van der Waals surface area contributed by atoms with Crippen LogP contribution < -0.4 is 10.6 Å². The average Bonchev–Trinajstić information content (AvgIpc) is 2.47. The van der Waals surface area contributed by atoms with E-state index >= 15 is 0 Å². The zero-order chi connectivity index (χ0) is 16.1. The minimum absolute atomic E-state index is 0. The number of halogens is 4. The fourth-order valence-corrected chi connectivity index (χ4v) is 3.24. The molecule has 0 atom stereocenters. The van der Waals surface area contributed by atoms with Crippen LogP contribution in [0.25, 0.3) is 0 Å². The van der Waals surface area contributed by atoms with E-state index in [-0.39, 0.29) is 18.3 Å². The second-order valence-electron chi connectivity index (χ2n) is 5.57. The van der Waals surface area contributed by atoms with Gasteiger partial charge in [-0.25, -0.2) is 0 Å². The second-order valence-corrected chi connectivity index (χ2v) is 6.79. The van der Waals surface area contributed by atoms with E-state index in [0.29, 0.717) is 33.2 Å². The van der Waals surface area contributed by atoms with Gasteiger partial charge in [-0.05, 0) is 57.6 Å². The molecule has 23 heavy (non-hydrogen) atoms. The van der Waals surface area contributed by atoms with Gasteiger partial charge in [0.1, 0.15) is 0 Å². The Morgan fingerprint density at radius 2 is 1.78 bits per heavy atom. The van der Waals surface area contributed by atoms with Crippen LogP contribution >= 0.6 is 47.2 Å². The van der Waals surface area contributed by atoms with Gasteiger partial charge in [0, 0.05) is 0 Å². The predicted octanol–water partition coefficient (Wildman–Crippen LogP) is 3.94. The monoisotopic (exact) mass is 399 g/mol. The molecular weight excluding hydrogens is 380 g/mol. The molecular formula is C15H21Cl4N3O. The quantitative estimate of drug-likeness (QED) is 0.735. The summed E-state index contributed by atoms with van der Waals surface area (Å²) in [7, 11) is 1.97. The Labute approximate surface area is 158 Å². The van der Waals surface area contributed by atoms with Crippen LogP contribution in [0.15, 0.2) is 12.1 Å². The van der Waals surface area contributed by atoms with Gasteiger partial charge in [0.25, 0.3) is 0 Å². The molecule has 0 bridgehead atoms. The smallest absolute Gasteiger partial charge is 0.238 e. The van der Waals surface area contributed by atoms with Crippen LogP contribution in [0.4, 0.5) is 5.69 Å². The third-order valence-electron chi connectivity index (χ3n) is 3.85. The van der Waals surface area contributed by atoms with Crippen LogP contribution in [-0.2, 0) is 4.79 Å². The highest BCUT2D eigenvalue weighted by Gasteiger charge is 2.20. The van der Waals surface area contributed by atoms with Crippen molar-refractivity contribution in [3.63, 3.8) is 0 Å². The minimum Gasteiger partial charge on any atom is -0.324 e. The summed E-state index contributed by atoms with van der Waals surface area (Å²) in [5, 5.41) is 7.13. The Kier molecular flexibility index (Phi) is 8.98. The van der Waals surface area contributed by atoms with Crippen molar-refractivity contribution in [1.82, 2.24) is 10.2 Å². The number of rotatable bonds is 5. The summed E-state index contributed by atoms with van der Waals surface area (Å²) in [4.78, 5) is 14.3. The van der Waals surface area contributed by atoms with E-state index in [9.17, 15) is 4.79 Å². The van der Waals surface area contributed by atoms with Crippen molar-refractivity contribution in [2.45, 2.75) is 12.8 Å². The molecule has 1 aromatic carbocycles. The number of carbonyl (C=O) groups excluding carboxylic acids is 1. The van der Waals surface area contributed by atoms with Crippen LogP contribution in [0.1, 0.15) is 12.8 Å². The Bertz CT molecular complexity index is 534. The SMILES string of the molecule is CNCC1CCN(CC(=O)Nc2cc(Cl)c(Cl)cc2Cl)CC1.Cl. The van der Waals surface area contributed by atoms with Crippen LogP contribution in [0.3, 0.4) is 0 Å². The van der Waals surface area contributed by atoms with Crippen molar-refractivity contribution in [2.75, 3.05) is 38.5 Å². The lowest BCUT2D eigenvalue weighted by Gasteiger charge is -2.31. The predicted molar refractivity (Wildman–Crippen MR) is 100 cm³/mol. The lowest BCUT2D eigenvalue weighted by Crippen LogP contribution is -2.40. The maximum Gasteiger partial charge on any atom is 0.238 e. The van der Waals surface area contributed by atoms with Gasteiger partial charge < -0.3 is 10.6 Å². The minimum atomic E-state index is -0.0904. The zero-order valence-electron chi connectivity index (χ0n) is 12.9. The first-order valence-corrected chi connectivity index (χ1v) is 8.44. The van der Waals surface area contributed by atoms with Crippen molar-refractivity contribution in [3.05, 3.63) is 27.2 Å². The molecule has 8 heteroatoms. The summed E-state index contributed by atoms with van der Waals surface area (Å²) in [6.45, 7) is 3.28. The molecule has 4 nitrogen and oxygen atoms in total. The van der Waals surface area contributed by atoms with Gasteiger partial charge >= 0.3 is 0 Å². The molecule has 0 unspecified atom stereocenters. The molecule has 1 aliphatic rings. The highest BCUT2D eigenvalue weighted by molar-refractivity contribution is 6.44. The van der Waals surface area contributed by atoms with Crippen molar-refractivity contribution in [1.29, 1.82) is 0 Å². The molecule has 1 amide bonds. The zero-order valence-corrected chi connectivity index (χ0v) is 16.0. The Hall–Kier alpha value is -0.230. The summed E-state index contributed by atoms with van der Waals surface area (Å²) >= 11 is 17.9. The Balaban J connectivity index is 0.00000264. The molecule has 1 heterocycles. The first-order valence-electron chi connectivity index (χ1n) is 7.31. The molecule has 2 rings (SSSR count). The number of hydrogen-bond donors (Lipinski definition) is 2. The van der Waals surface area contributed by atoms with E-state index in [4.69, 9.17) is 34.8 Å². The number of hydrogen-bond acceptors (Lipinski definition) is 3. The third-order valence-corrected chi connectivity index (χ3v) is 4.89. The van der Waals surface area contributed by atoms with Gasteiger partial charge in [0.05, 0.1) is 27.3 Å². The first kappa shape index (κ1) is 20.8. The average molecular weight is 401 g/mol. The normalized spacial score (nSPS) is 16.0. The number of nitrogens with zero attached hydrogens (tertiary/aromatic N) is 1. The number of carbonyl (C=O) groups is 1. The van der Waals surface area contributed by atoms with Gasteiger partial charge in [0.2, 0.25) is 5.91 Å². The molecule has 0 saturated carbocycles. The van der Waals surface area contributed by atoms with Gasteiger partial charge in [-0.1, -0.05) is 34.8 Å². The summed E-state index contributed by atoms with van der Waals surface area (Å²) in [5.74, 6) is 0.612. The van der Waals surface area contributed by atoms with Crippen molar-refractivity contribution in [2.24, 2.45) is 5.92 Å². The summed E-state index contributed by atoms with van der Waals surface area (Å²) in [5.41, 5.74) is 0.492. The molecule has 0 spiro atoms. The largest absolute Gasteiger partial charge is 0.324 e. The van der Waals surface area contributed by atoms with E-state index in [2.05, 4.69) is 15.5 Å². The molecule has 0 aromatic heterocycles. The molecule has 1 fully saturated rings. The van der Waals surface area contributed by atoms with Crippen LogP contribution in [0.5, 0.6) is 0 Å². The lowest BCUT2D eigenvalue weighted by molar-refractivity contribution is -0.117. The number of piperidine rings is 1. The van der Waals surface area contributed by atoms with E-state index in [1.807, 2.05) is 7.05 Å². The fraction of sp³-hybridized carbons (Fsp3) is 0.533. The summed E-state index contributed by atoms with van der Waals surface area (Å²) < 4.78 is 0. The van der Waals surface area contributed by atoms with Crippen molar-refractivity contribution >= 4 is 58.8 Å². The molecule has 1 saturated heterocycles. The van der Waals surface area contributed by atoms with Gasteiger partial charge in [0.15, 0.2) is 0 Å². The van der Waals surface area contributed by atoms with E-state index in [1.165, 1.54) is 6.07 Å². The standard InChI is InChI=1S/C15H20Cl3N3O.ClH/c1-19-8-10-2-4-21(5-3-10)9-15(22)20-14-7-12(17)11(16)6-13(14)18;/h6-7,10,19H,2-5,8-9H2,1H3,(H,20,22);1H. The van der Waals surface area contributed by atoms with Crippen LogP contribution in [0, 0.1) is 5.92 Å². The van der Waals surface area contributed by atoms with E-state index in [0.717, 1.165) is 32.5 Å². The molecule has 2 N–H and O–H groups in total. The molecule has 0 aliphatic carbocycles. The molecule has 1 aliphatic heterocycles. The summed E-state index contributed by atoms with van der Waals surface area (Å²) in [6.07, 6.45) is 2.23. The third kappa shape index (κ3) is 6.29. The van der Waals surface area contributed by atoms with Gasteiger partial charge in [-0.2, -0.15) is 0 Å². The van der Waals surface area contributed by atoms with Crippen LogP contribution in [-0.4, -0.2) is 44.0 Å². The number of nitrogens with one attached hydrogen (secondary N) is 2. The number of benzene rings is 1. The maximum absolute atomic E-state index is 12.1.